The van der Waals surface area contributed by atoms with Gasteiger partial charge in [0, 0.05) is 36.4 Å². The number of rotatable bonds is 8. The van der Waals surface area contributed by atoms with Gasteiger partial charge in [0.25, 0.3) is 0 Å². The van der Waals surface area contributed by atoms with E-state index in [2.05, 4.69) is 74.8 Å². The van der Waals surface area contributed by atoms with Crippen LogP contribution in [0.15, 0.2) is 46.1 Å². The molecule has 0 aliphatic heterocycles. The van der Waals surface area contributed by atoms with Crippen LogP contribution in [0.5, 0.6) is 0 Å². The van der Waals surface area contributed by atoms with Gasteiger partial charge in [-0.3, -0.25) is 4.68 Å². The minimum absolute atomic E-state index is 0.566. The maximum Gasteiger partial charge on any atom is 0.191 e. The first kappa shape index (κ1) is 19.5. The number of hydrogen-bond donors (Lipinski definition) is 2. The average Bonchev–Trinajstić information content (AvgIpc) is 3.01. The van der Waals surface area contributed by atoms with Gasteiger partial charge >= 0.3 is 0 Å². The van der Waals surface area contributed by atoms with Crippen molar-refractivity contribution in [1.29, 1.82) is 0 Å². The SMILES string of the molecule is CCNC(=NCc1cnn(C)c1)NCC(CC)Cc1cccc(Br)c1. The Morgan fingerprint density at radius 2 is 2.12 bits per heavy atom. The summed E-state index contributed by atoms with van der Waals surface area (Å²) in [6.45, 7) is 6.71. The number of aromatic nitrogens is 2. The maximum atomic E-state index is 4.66. The van der Waals surface area contributed by atoms with E-state index < -0.39 is 0 Å². The second-order valence-electron chi connectivity index (χ2n) is 6.21. The van der Waals surface area contributed by atoms with Crippen LogP contribution in [0, 0.1) is 5.92 Å². The van der Waals surface area contributed by atoms with Crippen LogP contribution in [0.2, 0.25) is 0 Å². The molecule has 0 fully saturated rings. The van der Waals surface area contributed by atoms with Crippen LogP contribution in [0.3, 0.4) is 0 Å². The fraction of sp³-hybridized carbons (Fsp3) is 0.474. The van der Waals surface area contributed by atoms with Crippen LogP contribution in [0.4, 0.5) is 0 Å². The first-order valence-electron chi connectivity index (χ1n) is 8.84. The van der Waals surface area contributed by atoms with Gasteiger partial charge in [-0.2, -0.15) is 5.10 Å². The third kappa shape index (κ3) is 6.90. The van der Waals surface area contributed by atoms with E-state index in [0.717, 1.165) is 41.9 Å². The highest BCUT2D eigenvalue weighted by molar-refractivity contribution is 9.10. The molecule has 1 aromatic heterocycles. The minimum Gasteiger partial charge on any atom is -0.357 e. The molecule has 1 atom stereocenters. The van der Waals surface area contributed by atoms with Crippen molar-refractivity contribution in [3.8, 4) is 0 Å². The molecule has 1 unspecified atom stereocenters. The Balaban J connectivity index is 1.91. The predicted molar refractivity (Wildman–Crippen MR) is 108 cm³/mol. The van der Waals surface area contributed by atoms with Crippen molar-refractivity contribution in [1.82, 2.24) is 20.4 Å². The summed E-state index contributed by atoms with van der Waals surface area (Å²) in [5.41, 5.74) is 2.47. The van der Waals surface area contributed by atoms with E-state index in [1.54, 1.807) is 4.68 Å². The summed E-state index contributed by atoms with van der Waals surface area (Å²) in [7, 11) is 1.92. The highest BCUT2D eigenvalue weighted by atomic mass is 79.9. The molecule has 1 aromatic carbocycles. The van der Waals surface area contributed by atoms with Gasteiger partial charge in [-0.05, 0) is 37.0 Å². The van der Waals surface area contributed by atoms with Crippen LogP contribution >= 0.6 is 15.9 Å². The van der Waals surface area contributed by atoms with E-state index in [4.69, 9.17) is 0 Å². The number of aliphatic imine (C=N–C) groups is 1. The fourth-order valence-corrected chi connectivity index (χ4v) is 3.11. The van der Waals surface area contributed by atoms with Gasteiger partial charge in [-0.25, -0.2) is 4.99 Å². The molecule has 0 aliphatic carbocycles. The molecule has 1 heterocycles. The molecule has 5 nitrogen and oxygen atoms in total. The summed E-state index contributed by atoms with van der Waals surface area (Å²) >= 11 is 3.55. The summed E-state index contributed by atoms with van der Waals surface area (Å²) in [5.74, 6) is 1.43. The molecule has 0 spiro atoms. The smallest absolute Gasteiger partial charge is 0.191 e. The first-order chi connectivity index (χ1) is 12.1. The van der Waals surface area contributed by atoms with Crippen LogP contribution < -0.4 is 10.6 Å². The average molecular weight is 406 g/mol. The van der Waals surface area contributed by atoms with Crippen molar-refractivity contribution in [2.45, 2.75) is 33.2 Å². The molecule has 2 N–H and O–H groups in total. The number of guanidine groups is 1. The van der Waals surface area contributed by atoms with Crippen molar-refractivity contribution in [3.63, 3.8) is 0 Å². The third-order valence-electron chi connectivity index (χ3n) is 4.07. The van der Waals surface area contributed by atoms with Crippen molar-refractivity contribution >= 4 is 21.9 Å². The Labute approximate surface area is 159 Å². The molecule has 0 aliphatic rings. The first-order valence-corrected chi connectivity index (χ1v) is 9.64. The van der Waals surface area contributed by atoms with Gasteiger partial charge in [0.1, 0.15) is 0 Å². The van der Waals surface area contributed by atoms with E-state index in [0.29, 0.717) is 12.5 Å². The van der Waals surface area contributed by atoms with E-state index in [1.165, 1.54) is 5.56 Å². The summed E-state index contributed by atoms with van der Waals surface area (Å²) in [6.07, 6.45) is 6.04. The maximum absolute atomic E-state index is 4.66. The zero-order chi connectivity index (χ0) is 18.1. The Morgan fingerprint density at radius 1 is 1.28 bits per heavy atom. The Bertz CT molecular complexity index is 680. The quantitative estimate of drug-likeness (QED) is 0.521. The number of aryl methyl sites for hydroxylation is 1. The molecule has 0 radical (unpaired) electrons. The molecule has 0 saturated heterocycles. The molecule has 25 heavy (non-hydrogen) atoms. The van der Waals surface area contributed by atoms with Crippen LogP contribution in [0.25, 0.3) is 0 Å². The lowest BCUT2D eigenvalue weighted by molar-refractivity contribution is 0.493. The standard InChI is InChI=1S/C19H28BrN5/c1-4-15(9-16-7-6-8-18(20)10-16)11-22-19(21-5-2)23-12-17-13-24-25(3)14-17/h6-8,10,13-15H,4-5,9,11-12H2,1-3H3,(H2,21,22,23). The van der Waals surface area contributed by atoms with Gasteiger partial charge in [0.05, 0.1) is 12.7 Å². The normalized spacial score (nSPS) is 12.9. The van der Waals surface area contributed by atoms with E-state index >= 15 is 0 Å². The lowest BCUT2D eigenvalue weighted by Crippen LogP contribution is -2.40. The lowest BCUT2D eigenvalue weighted by Gasteiger charge is -2.18. The van der Waals surface area contributed by atoms with Crippen molar-refractivity contribution in [2.24, 2.45) is 18.0 Å². The van der Waals surface area contributed by atoms with Crippen LogP contribution in [-0.4, -0.2) is 28.8 Å². The molecule has 0 saturated carbocycles. The summed E-state index contributed by atoms with van der Waals surface area (Å²) in [6, 6.07) is 8.55. The molecular formula is C19H28BrN5. The number of nitrogens with one attached hydrogen (secondary N) is 2. The highest BCUT2D eigenvalue weighted by Crippen LogP contribution is 2.16. The predicted octanol–water partition coefficient (Wildman–Crippen LogP) is 3.51. The summed E-state index contributed by atoms with van der Waals surface area (Å²) < 4.78 is 2.94. The highest BCUT2D eigenvalue weighted by Gasteiger charge is 2.09. The van der Waals surface area contributed by atoms with Crippen LogP contribution in [0.1, 0.15) is 31.4 Å². The van der Waals surface area contributed by atoms with Gasteiger partial charge in [0.2, 0.25) is 0 Å². The molecule has 0 amide bonds. The van der Waals surface area contributed by atoms with Crippen molar-refractivity contribution in [2.75, 3.05) is 13.1 Å². The van der Waals surface area contributed by atoms with Gasteiger partial charge in [-0.1, -0.05) is 41.4 Å². The Morgan fingerprint density at radius 3 is 2.76 bits per heavy atom. The second-order valence-corrected chi connectivity index (χ2v) is 7.12. The summed E-state index contributed by atoms with van der Waals surface area (Å²) in [5, 5.41) is 11.0. The lowest BCUT2D eigenvalue weighted by atomic mass is 9.97. The largest absolute Gasteiger partial charge is 0.357 e. The third-order valence-corrected chi connectivity index (χ3v) is 4.56. The van der Waals surface area contributed by atoms with E-state index in [-0.39, 0.29) is 0 Å². The topological polar surface area (TPSA) is 54.2 Å². The van der Waals surface area contributed by atoms with Gasteiger partial charge < -0.3 is 10.6 Å². The zero-order valence-corrected chi connectivity index (χ0v) is 16.9. The van der Waals surface area contributed by atoms with E-state index in [9.17, 15) is 0 Å². The number of nitrogens with zero attached hydrogens (tertiary/aromatic N) is 3. The molecule has 136 valence electrons. The monoisotopic (exact) mass is 405 g/mol. The summed E-state index contributed by atoms with van der Waals surface area (Å²) in [4.78, 5) is 4.66. The van der Waals surface area contributed by atoms with Crippen LogP contribution in [-0.2, 0) is 20.0 Å². The molecule has 6 heteroatoms. The number of hydrogen-bond acceptors (Lipinski definition) is 2. The van der Waals surface area contributed by atoms with Gasteiger partial charge in [-0.15, -0.1) is 0 Å². The molecule has 2 aromatic rings. The molecular weight excluding hydrogens is 378 g/mol. The number of halogens is 1. The minimum atomic E-state index is 0.566. The second kappa shape index (κ2) is 10.2. The zero-order valence-electron chi connectivity index (χ0n) is 15.3. The Hall–Kier alpha value is -1.82. The number of benzene rings is 1. The Kier molecular flexibility index (Phi) is 7.98. The van der Waals surface area contributed by atoms with Crippen molar-refractivity contribution in [3.05, 3.63) is 52.3 Å². The molecule has 0 bridgehead atoms. The molecule has 2 rings (SSSR count). The van der Waals surface area contributed by atoms with Gasteiger partial charge in [0.15, 0.2) is 5.96 Å². The fourth-order valence-electron chi connectivity index (χ4n) is 2.66. The van der Waals surface area contributed by atoms with Crippen molar-refractivity contribution < 1.29 is 0 Å². The van der Waals surface area contributed by atoms with E-state index in [1.807, 2.05) is 19.4 Å².